The summed E-state index contributed by atoms with van der Waals surface area (Å²) >= 11 is 0. The van der Waals surface area contributed by atoms with Crippen molar-refractivity contribution in [3.05, 3.63) is 66.5 Å². The van der Waals surface area contributed by atoms with E-state index in [4.69, 9.17) is 4.98 Å². The second-order valence-electron chi connectivity index (χ2n) is 8.34. The molecular weight excluding hydrogens is 377 g/mol. The molecule has 3 aromatic rings. The second-order valence-corrected chi connectivity index (χ2v) is 8.34. The van der Waals surface area contributed by atoms with Crippen molar-refractivity contribution in [2.75, 3.05) is 13.1 Å². The van der Waals surface area contributed by atoms with Gasteiger partial charge < -0.3 is 9.47 Å². The van der Waals surface area contributed by atoms with Crippen LogP contribution in [0.25, 0.3) is 22.4 Å². The summed E-state index contributed by atoms with van der Waals surface area (Å²) < 4.78 is 16.3. The van der Waals surface area contributed by atoms with Crippen molar-refractivity contribution in [2.45, 2.75) is 38.1 Å². The number of likely N-dealkylation sites (tertiary alicyclic amines) is 1. The highest BCUT2D eigenvalue weighted by Crippen LogP contribution is 2.34. The monoisotopic (exact) mass is 403 g/mol. The minimum Gasteiger partial charge on any atom is -0.342 e. The van der Waals surface area contributed by atoms with Crippen LogP contribution in [0.4, 0.5) is 4.39 Å². The maximum Gasteiger partial charge on any atom is 0.226 e. The molecule has 2 aliphatic rings. The van der Waals surface area contributed by atoms with Crippen LogP contribution >= 0.6 is 0 Å². The van der Waals surface area contributed by atoms with E-state index in [-0.39, 0.29) is 17.8 Å². The van der Waals surface area contributed by atoms with E-state index in [0.29, 0.717) is 5.91 Å². The number of halogens is 1. The Kier molecular flexibility index (Phi) is 5.11. The summed E-state index contributed by atoms with van der Waals surface area (Å²) in [5.74, 6) is 1.05. The highest BCUT2D eigenvalue weighted by Gasteiger charge is 2.30. The molecule has 1 aromatic heterocycles. The molecule has 4 nitrogen and oxygen atoms in total. The number of amides is 1. The van der Waals surface area contributed by atoms with E-state index in [1.165, 1.54) is 6.07 Å². The molecule has 1 amide bonds. The van der Waals surface area contributed by atoms with Crippen molar-refractivity contribution in [3.63, 3.8) is 0 Å². The van der Waals surface area contributed by atoms with E-state index >= 15 is 0 Å². The third-order valence-corrected chi connectivity index (χ3v) is 6.44. The third-order valence-electron chi connectivity index (χ3n) is 6.44. The first kappa shape index (κ1) is 19.0. The highest BCUT2D eigenvalue weighted by molar-refractivity contribution is 5.81. The number of nitrogens with zero attached hydrogens (tertiary/aromatic N) is 3. The number of carbonyl (C=O) groups excluding carboxylic acids is 1. The lowest BCUT2D eigenvalue weighted by molar-refractivity contribution is -0.137. The van der Waals surface area contributed by atoms with Crippen LogP contribution in [0.3, 0.4) is 0 Å². The lowest BCUT2D eigenvalue weighted by Gasteiger charge is -2.35. The molecule has 0 N–H and O–H groups in total. The quantitative estimate of drug-likeness (QED) is 0.552. The Labute approximate surface area is 176 Å². The number of aromatic nitrogens is 2. The van der Waals surface area contributed by atoms with Crippen LogP contribution in [0.1, 0.15) is 38.1 Å². The van der Waals surface area contributed by atoms with Gasteiger partial charge in [-0.15, -0.1) is 0 Å². The summed E-state index contributed by atoms with van der Waals surface area (Å²) in [6.07, 6.45) is 8.84. The number of hydrogen-bond acceptors (Lipinski definition) is 2. The fraction of sp³-hybridized carbons (Fsp3) is 0.360. The van der Waals surface area contributed by atoms with Gasteiger partial charge in [0.05, 0.1) is 11.0 Å². The van der Waals surface area contributed by atoms with Gasteiger partial charge in [0.15, 0.2) is 0 Å². The van der Waals surface area contributed by atoms with E-state index in [2.05, 4.69) is 16.7 Å². The van der Waals surface area contributed by atoms with Gasteiger partial charge in [-0.1, -0.05) is 42.5 Å². The fourth-order valence-electron chi connectivity index (χ4n) is 4.85. The van der Waals surface area contributed by atoms with Crippen LogP contribution in [0.5, 0.6) is 0 Å². The first-order valence-corrected chi connectivity index (χ1v) is 10.9. The number of fused-ring (bicyclic) bond motifs is 1. The van der Waals surface area contributed by atoms with Gasteiger partial charge in [-0.25, -0.2) is 9.37 Å². The molecule has 1 aliphatic heterocycles. The number of piperidine rings is 1. The van der Waals surface area contributed by atoms with Crippen LogP contribution in [-0.4, -0.2) is 33.4 Å². The number of carbonyl (C=O) groups is 1. The number of hydrogen-bond donors (Lipinski definition) is 0. The molecule has 2 aromatic carbocycles. The molecule has 1 saturated heterocycles. The van der Waals surface area contributed by atoms with Gasteiger partial charge in [0.25, 0.3) is 0 Å². The number of rotatable bonds is 3. The fourth-order valence-corrected chi connectivity index (χ4v) is 4.85. The standard InChI is InChI=1S/C25H26FN3O/c26-20-11-12-22-23(17-20)29(24(27-22)18-7-3-1-4-8-18)21-13-15-28(16-14-21)25(30)19-9-5-2-6-10-19/h1-5,7-8,11-12,17,19,21H,6,9-10,13-16H2. The second kappa shape index (κ2) is 8.05. The highest BCUT2D eigenvalue weighted by atomic mass is 19.1. The maximum absolute atomic E-state index is 14.1. The molecule has 1 atom stereocenters. The largest absolute Gasteiger partial charge is 0.342 e. The molecule has 5 heteroatoms. The molecule has 1 aliphatic carbocycles. The van der Waals surface area contributed by atoms with Gasteiger partial charge in [-0.2, -0.15) is 0 Å². The Morgan fingerprint density at radius 1 is 1.00 bits per heavy atom. The van der Waals surface area contributed by atoms with Gasteiger partial charge in [-0.3, -0.25) is 4.79 Å². The Balaban J connectivity index is 1.43. The van der Waals surface area contributed by atoms with Crippen molar-refractivity contribution in [1.82, 2.24) is 14.5 Å². The summed E-state index contributed by atoms with van der Waals surface area (Å²) in [5.41, 5.74) is 2.67. The van der Waals surface area contributed by atoms with Crippen molar-refractivity contribution in [1.29, 1.82) is 0 Å². The lowest BCUT2D eigenvalue weighted by atomic mass is 9.92. The van der Waals surface area contributed by atoms with E-state index in [0.717, 1.165) is 67.6 Å². The zero-order chi connectivity index (χ0) is 20.5. The Bertz CT molecular complexity index is 1080. The summed E-state index contributed by atoms with van der Waals surface area (Å²) in [7, 11) is 0. The Hall–Kier alpha value is -2.95. The zero-order valence-corrected chi connectivity index (χ0v) is 17.0. The molecule has 154 valence electrons. The Morgan fingerprint density at radius 3 is 2.53 bits per heavy atom. The number of benzene rings is 2. The van der Waals surface area contributed by atoms with Gasteiger partial charge in [-0.05, 0) is 50.3 Å². The normalized spacial score (nSPS) is 20.0. The van der Waals surface area contributed by atoms with Crippen LogP contribution in [0, 0.1) is 11.7 Å². The predicted molar refractivity (Wildman–Crippen MR) is 116 cm³/mol. The van der Waals surface area contributed by atoms with Crippen LogP contribution in [0.2, 0.25) is 0 Å². The van der Waals surface area contributed by atoms with Gasteiger partial charge in [0.2, 0.25) is 5.91 Å². The molecule has 0 spiro atoms. The average Bonchev–Trinajstić information content (AvgIpc) is 3.18. The number of allylic oxidation sites excluding steroid dienone is 2. The van der Waals surface area contributed by atoms with E-state index < -0.39 is 0 Å². The predicted octanol–water partition coefficient (Wildman–Crippen LogP) is 5.36. The third kappa shape index (κ3) is 3.53. The first-order valence-electron chi connectivity index (χ1n) is 10.9. The lowest BCUT2D eigenvalue weighted by Crippen LogP contribution is -2.42. The summed E-state index contributed by atoms with van der Waals surface area (Å²) in [5, 5.41) is 0. The molecule has 1 fully saturated rings. The smallest absolute Gasteiger partial charge is 0.226 e. The van der Waals surface area contributed by atoms with Gasteiger partial charge in [0, 0.05) is 30.6 Å². The molecular formula is C25H26FN3O. The van der Waals surface area contributed by atoms with E-state index in [9.17, 15) is 9.18 Å². The van der Waals surface area contributed by atoms with Crippen molar-refractivity contribution in [2.24, 2.45) is 5.92 Å². The molecule has 1 unspecified atom stereocenters. The van der Waals surface area contributed by atoms with E-state index in [1.54, 1.807) is 12.1 Å². The topological polar surface area (TPSA) is 38.1 Å². The zero-order valence-electron chi connectivity index (χ0n) is 17.0. The number of imidazole rings is 1. The minimum atomic E-state index is -0.249. The van der Waals surface area contributed by atoms with E-state index in [1.807, 2.05) is 35.2 Å². The van der Waals surface area contributed by atoms with Gasteiger partial charge in [0.1, 0.15) is 11.6 Å². The van der Waals surface area contributed by atoms with Crippen molar-refractivity contribution >= 4 is 16.9 Å². The molecule has 0 saturated carbocycles. The van der Waals surface area contributed by atoms with Crippen molar-refractivity contribution < 1.29 is 9.18 Å². The molecule has 0 bridgehead atoms. The SMILES string of the molecule is O=C(C1CC=CCC1)N1CCC(n2c(-c3ccccc3)nc3ccc(F)cc32)CC1. The first-order chi connectivity index (χ1) is 14.7. The minimum absolute atomic E-state index is 0.134. The average molecular weight is 404 g/mol. The summed E-state index contributed by atoms with van der Waals surface area (Å²) in [6.45, 7) is 1.49. The molecule has 2 heterocycles. The summed E-state index contributed by atoms with van der Waals surface area (Å²) in [4.78, 5) is 19.8. The Morgan fingerprint density at radius 2 is 1.80 bits per heavy atom. The van der Waals surface area contributed by atoms with Gasteiger partial charge >= 0.3 is 0 Å². The van der Waals surface area contributed by atoms with Crippen LogP contribution in [0.15, 0.2) is 60.7 Å². The van der Waals surface area contributed by atoms with Crippen LogP contribution < -0.4 is 0 Å². The van der Waals surface area contributed by atoms with Crippen LogP contribution in [-0.2, 0) is 4.79 Å². The molecule has 0 radical (unpaired) electrons. The molecule has 5 rings (SSSR count). The summed E-state index contributed by atoms with van der Waals surface area (Å²) in [6, 6.07) is 15.1. The van der Waals surface area contributed by atoms with Crippen molar-refractivity contribution in [3.8, 4) is 11.4 Å². The molecule has 30 heavy (non-hydrogen) atoms. The maximum atomic E-state index is 14.1.